The van der Waals surface area contributed by atoms with Crippen molar-refractivity contribution in [2.24, 2.45) is 5.90 Å². The summed E-state index contributed by atoms with van der Waals surface area (Å²) in [4.78, 5) is 9.00. The van der Waals surface area contributed by atoms with Gasteiger partial charge in [-0.3, -0.25) is 4.84 Å². The highest BCUT2D eigenvalue weighted by Crippen LogP contribution is 2.21. The summed E-state index contributed by atoms with van der Waals surface area (Å²) in [5.41, 5.74) is 0.958. The van der Waals surface area contributed by atoms with Gasteiger partial charge in [0.2, 0.25) is 0 Å². The minimum absolute atomic E-state index is 0.590. The van der Waals surface area contributed by atoms with Crippen molar-refractivity contribution in [2.75, 3.05) is 0 Å². The first kappa shape index (κ1) is 9.11. The molecule has 0 aliphatic carbocycles. The number of fused-ring (bicyclic) bond motifs is 1. The van der Waals surface area contributed by atoms with Gasteiger partial charge in [0.05, 0.1) is 5.69 Å². The van der Waals surface area contributed by atoms with Gasteiger partial charge in [-0.05, 0) is 19.9 Å². The van der Waals surface area contributed by atoms with Crippen molar-refractivity contribution >= 4 is 5.65 Å². The van der Waals surface area contributed by atoms with Crippen molar-refractivity contribution in [3.05, 3.63) is 30.2 Å². The molecule has 0 bridgehead atoms. The van der Waals surface area contributed by atoms with Gasteiger partial charge in [-0.2, -0.15) is 5.10 Å². The first-order valence-electron chi connectivity index (χ1n) is 4.32. The number of nitrogens with zero attached hydrogens (tertiary/aromatic N) is 3. The Labute approximate surface area is 81.5 Å². The summed E-state index contributed by atoms with van der Waals surface area (Å²) in [5, 5.41) is 4.30. The van der Waals surface area contributed by atoms with E-state index in [-0.39, 0.29) is 0 Å². The van der Waals surface area contributed by atoms with E-state index in [1.54, 1.807) is 10.7 Å². The van der Waals surface area contributed by atoms with Crippen LogP contribution in [0.25, 0.3) is 5.65 Å². The van der Waals surface area contributed by atoms with E-state index in [0.29, 0.717) is 0 Å². The molecule has 14 heavy (non-hydrogen) atoms. The molecular formula is C9H12N4O. The van der Waals surface area contributed by atoms with Gasteiger partial charge >= 0.3 is 0 Å². The number of rotatable bonds is 2. The van der Waals surface area contributed by atoms with Crippen LogP contribution in [0.1, 0.15) is 19.5 Å². The lowest BCUT2D eigenvalue weighted by Crippen LogP contribution is -2.25. The molecule has 0 unspecified atom stereocenters. The summed E-state index contributed by atoms with van der Waals surface area (Å²) >= 11 is 0. The van der Waals surface area contributed by atoms with Crippen molar-refractivity contribution in [3.8, 4) is 0 Å². The largest absolute Gasteiger partial charge is 0.292 e. The molecule has 2 aromatic rings. The third kappa shape index (κ3) is 1.36. The fourth-order valence-electron chi connectivity index (χ4n) is 1.18. The molecule has 5 nitrogen and oxygen atoms in total. The second-order valence-corrected chi connectivity index (χ2v) is 3.58. The second kappa shape index (κ2) is 3.04. The van der Waals surface area contributed by atoms with E-state index in [1.165, 1.54) is 0 Å². The van der Waals surface area contributed by atoms with Crippen molar-refractivity contribution in [1.82, 2.24) is 14.6 Å². The lowest BCUT2D eigenvalue weighted by atomic mass is 10.1. The van der Waals surface area contributed by atoms with Gasteiger partial charge in [0.15, 0.2) is 5.65 Å². The van der Waals surface area contributed by atoms with Crippen LogP contribution in [0, 0.1) is 0 Å². The predicted octanol–water partition coefficient (Wildman–Crippen LogP) is 0.855. The summed E-state index contributed by atoms with van der Waals surface area (Å²) < 4.78 is 1.69. The Morgan fingerprint density at radius 3 is 2.93 bits per heavy atom. The van der Waals surface area contributed by atoms with Gasteiger partial charge in [0.25, 0.3) is 0 Å². The van der Waals surface area contributed by atoms with Crippen LogP contribution in [0.5, 0.6) is 0 Å². The number of aromatic nitrogens is 3. The van der Waals surface area contributed by atoms with E-state index >= 15 is 0 Å². The molecule has 0 radical (unpaired) electrons. The van der Waals surface area contributed by atoms with E-state index in [1.807, 2.05) is 32.2 Å². The molecule has 0 amide bonds. The topological polar surface area (TPSA) is 65.4 Å². The van der Waals surface area contributed by atoms with Crippen LogP contribution in [0.4, 0.5) is 0 Å². The molecule has 0 aliphatic heterocycles. The van der Waals surface area contributed by atoms with E-state index < -0.39 is 5.60 Å². The van der Waals surface area contributed by atoms with Crippen molar-refractivity contribution in [3.63, 3.8) is 0 Å². The van der Waals surface area contributed by atoms with Crippen molar-refractivity contribution in [1.29, 1.82) is 0 Å². The zero-order chi connectivity index (χ0) is 10.2. The molecule has 0 aliphatic rings. The molecule has 0 saturated heterocycles. The fourth-order valence-corrected chi connectivity index (χ4v) is 1.18. The minimum atomic E-state index is -0.590. The zero-order valence-electron chi connectivity index (χ0n) is 8.14. The first-order valence-corrected chi connectivity index (χ1v) is 4.32. The standard InChI is InChI=1S/C9H12N4O/c1-9(2,14-10)7-6-8-11-4-3-5-13(8)12-7/h3-6H,10H2,1-2H3. The number of hydrogen-bond donors (Lipinski definition) is 1. The normalized spacial score (nSPS) is 12.2. The van der Waals surface area contributed by atoms with Crippen LogP contribution in [0.2, 0.25) is 0 Å². The van der Waals surface area contributed by atoms with Gasteiger partial charge in [0, 0.05) is 18.5 Å². The van der Waals surface area contributed by atoms with Crippen LogP contribution in [0.3, 0.4) is 0 Å². The Morgan fingerprint density at radius 1 is 1.50 bits per heavy atom. The molecule has 74 valence electrons. The lowest BCUT2D eigenvalue weighted by Gasteiger charge is -2.18. The smallest absolute Gasteiger partial charge is 0.155 e. The van der Waals surface area contributed by atoms with Crippen molar-refractivity contribution < 1.29 is 4.84 Å². The number of nitrogens with two attached hydrogens (primary N) is 1. The van der Waals surface area contributed by atoms with Gasteiger partial charge in [-0.25, -0.2) is 15.4 Å². The third-order valence-corrected chi connectivity index (χ3v) is 2.15. The molecule has 0 fully saturated rings. The molecule has 2 heterocycles. The Hall–Kier alpha value is -1.46. The van der Waals surface area contributed by atoms with E-state index in [4.69, 9.17) is 10.7 Å². The molecular weight excluding hydrogens is 180 g/mol. The van der Waals surface area contributed by atoms with Gasteiger partial charge in [0.1, 0.15) is 5.60 Å². The summed E-state index contributed by atoms with van der Waals surface area (Å²) in [6.07, 6.45) is 3.55. The third-order valence-electron chi connectivity index (χ3n) is 2.15. The predicted molar refractivity (Wildman–Crippen MR) is 51.3 cm³/mol. The Kier molecular flexibility index (Phi) is 1.98. The van der Waals surface area contributed by atoms with Crippen LogP contribution in [0.15, 0.2) is 24.5 Å². The highest BCUT2D eigenvalue weighted by Gasteiger charge is 2.24. The summed E-state index contributed by atoms with van der Waals surface area (Å²) in [5.74, 6) is 5.19. The zero-order valence-corrected chi connectivity index (χ0v) is 8.14. The molecule has 2 N–H and O–H groups in total. The quantitative estimate of drug-likeness (QED) is 0.716. The van der Waals surface area contributed by atoms with Gasteiger partial charge < -0.3 is 0 Å². The molecule has 0 spiro atoms. The van der Waals surface area contributed by atoms with E-state index in [9.17, 15) is 0 Å². The molecule has 0 saturated carbocycles. The Bertz CT molecular complexity index is 416. The maximum absolute atomic E-state index is 5.19. The minimum Gasteiger partial charge on any atom is -0.292 e. The SMILES string of the molecule is CC(C)(ON)c1cc2ncccn2n1. The monoisotopic (exact) mass is 192 g/mol. The molecule has 2 rings (SSSR count). The maximum Gasteiger partial charge on any atom is 0.155 e. The van der Waals surface area contributed by atoms with Crippen LogP contribution in [-0.2, 0) is 10.4 Å². The summed E-state index contributed by atoms with van der Waals surface area (Å²) in [6, 6.07) is 3.67. The summed E-state index contributed by atoms with van der Waals surface area (Å²) in [6.45, 7) is 3.71. The lowest BCUT2D eigenvalue weighted by molar-refractivity contribution is -0.0269. The van der Waals surface area contributed by atoms with Crippen LogP contribution >= 0.6 is 0 Å². The van der Waals surface area contributed by atoms with Crippen molar-refractivity contribution in [2.45, 2.75) is 19.4 Å². The molecule has 0 aromatic carbocycles. The summed E-state index contributed by atoms with van der Waals surface area (Å²) in [7, 11) is 0. The number of hydrogen-bond acceptors (Lipinski definition) is 4. The Morgan fingerprint density at radius 2 is 2.29 bits per heavy atom. The molecule has 5 heteroatoms. The molecule has 2 aromatic heterocycles. The van der Waals surface area contributed by atoms with E-state index in [2.05, 4.69) is 10.1 Å². The second-order valence-electron chi connectivity index (χ2n) is 3.58. The van der Waals surface area contributed by atoms with Crippen LogP contribution < -0.4 is 5.90 Å². The average molecular weight is 192 g/mol. The highest BCUT2D eigenvalue weighted by atomic mass is 16.6. The van der Waals surface area contributed by atoms with E-state index in [0.717, 1.165) is 11.3 Å². The molecule has 0 atom stereocenters. The fraction of sp³-hybridized carbons (Fsp3) is 0.333. The highest BCUT2D eigenvalue weighted by molar-refractivity contribution is 5.39. The Balaban J connectivity index is 2.55. The van der Waals surface area contributed by atoms with Gasteiger partial charge in [-0.1, -0.05) is 0 Å². The first-order chi connectivity index (χ1) is 6.63. The van der Waals surface area contributed by atoms with Crippen LogP contribution in [-0.4, -0.2) is 14.6 Å². The van der Waals surface area contributed by atoms with Gasteiger partial charge in [-0.15, -0.1) is 0 Å². The maximum atomic E-state index is 5.19. The average Bonchev–Trinajstić information content (AvgIpc) is 2.61.